The molecule has 0 spiro atoms. The number of esters is 1. The highest BCUT2D eigenvalue weighted by Crippen LogP contribution is 2.15. The van der Waals surface area contributed by atoms with E-state index in [0.29, 0.717) is 16.4 Å². The molecule has 1 amide bonds. The molecule has 0 saturated carbocycles. The number of carbonyl (C=O) groups excluding carboxylic acids is 2. The third-order valence-electron chi connectivity index (χ3n) is 4.05. The van der Waals surface area contributed by atoms with Gasteiger partial charge in [-0.15, -0.1) is 5.10 Å². The molecule has 132 valence electrons. The van der Waals surface area contributed by atoms with Gasteiger partial charge in [-0.25, -0.2) is 4.79 Å². The van der Waals surface area contributed by atoms with Gasteiger partial charge in [-0.3, -0.25) is 4.79 Å². The number of aromatic nitrogens is 3. The normalized spacial score (nSPS) is 14.4. The molecule has 0 bridgehead atoms. The van der Waals surface area contributed by atoms with Crippen LogP contribution in [0.15, 0.2) is 24.3 Å². The van der Waals surface area contributed by atoms with Gasteiger partial charge in [-0.2, -0.15) is 9.90 Å². The molecule has 1 aliphatic heterocycles. The molecule has 0 unspecified atom stereocenters. The summed E-state index contributed by atoms with van der Waals surface area (Å²) in [6, 6.07) is 6.98. The van der Waals surface area contributed by atoms with Crippen molar-refractivity contribution in [2.75, 3.05) is 19.7 Å². The molecule has 0 atom stereocenters. The van der Waals surface area contributed by atoms with E-state index >= 15 is 0 Å². The van der Waals surface area contributed by atoms with E-state index in [1.54, 1.807) is 36.1 Å². The van der Waals surface area contributed by atoms with Gasteiger partial charge in [0.05, 0.1) is 11.4 Å². The first-order valence-electron chi connectivity index (χ1n) is 8.19. The number of hydrogen-bond donors (Lipinski definition) is 0. The van der Waals surface area contributed by atoms with E-state index in [9.17, 15) is 9.59 Å². The summed E-state index contributed by atoms with van der Waals surface area (Å²) in [5.74, 6) is -0.830. The van der Waals surface area contributed by atoms with Crippen LogP contribution in [0.2, 0.25) is 5.02 Å². The van der Waals surface area contributed by atoms with Crippen molar-refractivity contribution in [1.29, 1.82) is 0 Å². The molecule has 8 heteroatoms. The zero-order chi connectivity index (χ0) is 17.8. The predicted molar refractivity (Wildman–Crippen MR) is 91.8 cm³/mol. The second kappa shape index (κ2) is 7.65. The molecule has 25 heavy (non-hydrogen) atoms. The number of piperidine rings is 1. The van der Waals surface area contributed by atoms with Crippen LogP contribution in [0.5, 0.6) is 0 Å². The zero-order valence-electron chi connectivity index (χ0n) is 13.9. The van der Waals surface area contributed by atoms with Crippen LogP contribution in [0.4, 0.5) is 0 Å². The summed E-state index contributed by atoms with van der Waals surface area (Å²) < 4.78 is 5.12. The van der Waals surface area contributed by atoms with Crippen LogP contribution < -0.4 is 0 Å². The Morgan fingerprint density at radius 3 is 2.68 bits per heavy atom. The lowest BCUT2D eigenvalue weighted by molar-refractivity contribution is -0.135. The summed E-state index contributed by atoms with van der Waals surface area (Å²) in [6.07, 6.45) is 3.12. The van der Waals surface area contributed by atoms with Crippen molar-refractivity contribution >= 4 is 23.5 Å². The molecule has 1 fully saturated rings. The maximum absolute atomic E-state index is 12.2. The summed E-state index contributed by atoms with van der Waals surface area (Å²) in [7, 11) is 0. The molecule has 2 heterocycles. The minimum atomic E-state index is -0.656. The van der Waals surface area contributed by atoms with Crippen molar-refractivity contribution in [3.8, 4) is 5.69 Å². The number of rotatable bonds is 4. The quantitative estimate of drug-likeness (QED) is 0.780. The number of benzene rings is 1. The van der Waals surface area contributed by atoms with Gasteiger partial charge in [0.2, 0.25) is 0 Å². The molecular weight excluding hydrogens is 344 g/mol. The largest absolute Gasteiger partial charge is 0.451 e. The summed E-state index contributed by atoms with van der Waals surface area (Å²) in [5.41, 5.74) is 1.15. The van der Waals surface area contributed by atoms with E-state index in [2.05, 4.69) is 10.2 Å². The number of hydrogen-bond acceptors (Lipinski definition) is 5. The van der Waals surface area contributed by atoms with E-state index < -0.39 is 5.97 Å². The molecule has 0 aliphatic carbocycles. The van der Waals surface area contributed by atoms with Gasteiger partial charge in [-0.05, 0) is 44.4 Å². The fourth-order valence-electron chi connectivity index (χ4n) is 2.71. The Morgan fingerprint density at radius 2 is 1.96 bits per heavy atom. The zero-order valence-corrected chi connectivity index (χ0v) is 14.7. The molecule has 1 aromatic carbocycles. The van der Waals surface area contributed by atoms with E-state index in [1.165, 1.54) is 4.80 Å². The Labute approximate surface area is 150 Å². The van der Waals surface area contributed by atoms with Crippen molar-refractivity contribution in [1.82, 2.24) is 19.9 Å². The van der Waals surface area contributed by atoms with Crippen LogP contribution in [0.1, 0.15) is 35.4 Å². The summed E-state index contributed by atoms with van der Waals surface area (Å²) >= 11 is 5.96. The number of ether oxygens (including phenoxy) is 1. The third kappa shape index (κ3) is 4.17. The molecule has 2 aromatic rings. The lowest BCUT2D eigenvalue weighted by Crippen LogP contribution is -2.38. The lowest BCUT2D eigenvalue weighted by atomic mass is 10.1. The van der Waals surface area contributed by atoms with Crippen LogP contribution >= 0.6 is 11.6 Å². The highest BCUT2D eigenvalue weighted by atomic mass is 35.5. The Hall–Kier alpha value is -2.41. The Morgan fingerprint density at radius 1 is 1.20 bits per heavy atom. The summed E-state index contributed by atoms with van der Waals surface area (Å²) in [6.45, 7) is 2.83. The number of nitrogens with zero attached hydrogens (tertiary/aromatic N) is 4. The van der Waals surface area contributed by atoms with Crippen molar-refractivity contribution in [2.24, 2.45) is 0 Å². The van der Waals surface area contributed by atoms with Crippen LogP contribution in [0.25, 0.3) is 5.69 Å². The molecule has 0 N–H and O–H groups in total. The van der Waals surface area contributed by atoms with Crippen LogP contribution in [-0.2, 0) is 9.53 Å². The maximum atomic E-state index is 12.2. The number of halogens is 1. The molecule has 3 rings (SSSR count). The molecule has 1 saturated heterocycles. The number of likely N-dealkylation sites (tertiary alicyclic amines) is 1. The minimum absolute atomic E-state index is 0.0893. The first-order valence-corrected chi connectivity index (χ1v) is 8.57. The number of amides is 1. The number of carbonyl (C=O) groups is 2. The van der Waals surface area contributed by atoms with Gasteiger partial charge in [0.1, 0.15) is 0 Å². The van der Waals surface area contributed by atoms with Crippen LogP contribution in [0.3, 0.4) is 0 Å². The van der Waals surface area contributed by atoms with Gasteiger partial charge < -0.3 is 9.64 Å². The highest BCUT2D eigenvalue weighted by Gasteiger charge is 2.22. The molecule has 7 nitrogen and oxygen atoms in total. The third-order valence-corrected chi connectivity index (χ3v) is 4.29. The van der Waals surface area contributed by atoms with Crippen LogP contribution in [-0.4, -0.2) is 51.5 Å². The first kappa shape index (κ1) is 17.4. The fraction of sp³-hybridized carbons (Fsp3) is 0.412. The molecule has 1 aliphatic rings. The Kier molecular flexibility index (Phi) is 5.33. The first-order chi connectivity index (χ1) is 12.0. The summed E-state index contributed by atoms with van der Waals surface area (Å²) in [4.78, 5) is 27.4. The second-order valence-corrected chi connectivity index (χ2v) is 6.36. The van der Waals surface area contributed by atoms with Crippen molar-refractivity contribution in [3.05, 3.63) is 40.7 Å². The Bertz CT molecular complexity index is 784. The Balaban J connectivity index is 1.65. The fourth-order valence-corrected chi connectivity index (χ4v) is 2.90. The SMILES string of the molecule is Cc1nn(-c2cccc(Cl)c2)nc1C(=O)OCC(=O)N1CCCCC1. The van der Waals surface area contributed by atoms with Gasteiger partial charge in [-0.1, -0.05) is 17.7 Å². The van der Waals surface area contributed by atoms with Gasteiger partial charge >= 0.3 is 5.97 Å². The highest BCUT2D eigenvalue weighted by molar-refractivity contribution is 6.30. The predicted octanol–water partition coefficient (Wildman–Crippen LogP) is 2.40. The van der Waals surface area contributed by atoms with Gasteiger partial charge in [0.25, 0.3) is 5.91 Å². The molecule has 0 radical (unpaired) electrons. The van der Waals surface area contributed by atoms with Crippen molar-refractivity contribution < 1.29 is 14.3 Å². The van der Waals surface area contributed by atoms with Gasteiger partial charge in [0, 0.05) is 18.1 Å². The minimum Gasteiger partial charge on any atom is -0.451 e. The second-order valence-electron chi connectivity index (χ2n) is 5.92. The smallest absolute Gasteiger partial charge is 0.361 e. The van der Waals surface area contributed by atoms with Crippen molar-refractivity contribution in [3.63, 3.8) is 0 Å². The molecular formula is C17H19ClN4O3. The lowest BCUT2D eigenvalue weighted by Gasteiger charge is -2.26. The van der Waals surface area contributed by atoms with Crippen molar-refractivity contribution in [2.45, 2.75) is 26.2 Å². The average Bonchev–Trinajstić information content (AvgIpc) is 3.02. The monoisotopic (exact) mass is 362 g/mol. The summed E-state index contributed by atoms with van der Waals surface area (Å²) in [5, 5.41) is 8.91. The molecule has 1 aromatic heterocycles. The van der Waals surface area contributed by atoms with E-state index in [4.69, 9.17) is 16.3 Å². The standard InChI is InChI=1S/C17H19ClN4O3/c1-12-16(20-22(19-12)14-7-5-6-13(18)10-14)17(24)25-11-15(23)21-8-3-2-4-9-21/h5-7,10H,2-4,8-9,11H2,1H3. The van der Waals surface area contributed by atoms with E-state index in [0.717, 1.165) is 32.4 Å². The van der Waals surface area contributed by atoms with Crippen LogP contribution in [0, 0.1) is 6.92 Å². The van der Waals surface area contributed by atoms with E-state index in [1.807, 2.05) is 0 Å². The number of aryl methyl sites for hydroxylation is 1. The van der Waals surface area contributed by atoms with Gasteiger partial charge in [0.15, 0.2) is 12.3 Å². The topological polar surface area (TPSA) is 77.3 Å². The maximum Gasteiger partial charge on any atom is 0.361 e. The average molecular weight is 363 g/mol. The van der Waals surface area contributed by atoms with E-state index in [-0.39, 0.29) is 18.2 Å².